The average molecular weight is 594 g/mol. The molecule has 0 saturated heterocycles. The summed E-state index contributed by atoms with van der Waals surface area (Å²) in [5.41, 5.74) is 0.151. The van der Waals surface area contributed by atoms with Crippen LogP contribution in [0.4, 0.5) is 9.59 Å². The molecule has 0 bridgehead atoms. The van der Waals surface area contributed by atoms with Gasteiger partial charge >= 0.3 is 31.2 Å². The molecule has 0 radical (unpaired) electrons. The molecule has 2 aromatic heterocycles. The van der Waals surface area contributed by atoms with Crippen molar-refractivity contribution in [1.82, 2.24) is 9.13 Å². The third kappa shape index (κ3) is 7.62. The van der Waals surface area contributed by atoms with Gasteiger partial charge in [-0.1, -0.05) is 12.1 Å². The molecule has 4 aromatic rings. The molecule has 228 valence electrons. The van der Waals surface area contributed by atoms with Gasteiger partial charge in [0.25, 0.3) is 0 Å². The van der Waals surface area contributed by atoms with Crippen molar-refractivity contribution >= 4 is 58.6 Å². The Bertz CT molecular complexity index is 1670. The minimum absolute atomic E-state index is 0.0920. The molecule has 0 aliphatic heterocycles. The van der Waals surface area contributed by atoms with Crippen LogP contribution >= 0.6 is 0 Å². The fourth-order valence-electron chi connectivity index (χ4n) is 4.17. The largest absolute Gasteiger partial charge is 0.506 e. The second kappa shape index (κ2) is 12.7. The number of benzene rings is 2. The molecule has 0 saturated carbocycles. The van der Waals surface area contributed by atoms with E-state index in [9.17, 15) is 29.2 Å². The molecule has 43 heavy (non-hydrogen) atoms. The zero-order valence-electron chi connectivity index (χ0n) is 25.3. The van der Waals surface area contributed by atoms with Crippen LogP contribution in [0, 0.1) is 0 Å². The normalized spacial score (nSPS) is 11.4. The number of ether oxygens (including phenoxy) is 4. The van der Waals surface area contributed by atoms with Gasteiger partial charge in [-0.2, -0.15) is 0 Å². The zero-order valence-corrected chi connectivity index (χ0v) is 25.3. The van der Waals surface area contributed by atoms with Crippen LogP contribution in [0.5, 0.6) is 0 Å². The third-order valence-electron chi connectivity index (χ3n) is 5.85. The van der Waals surface area contributed by atoms with Crippen LogP contribution in [0.15, 0.2) is 54.7 Å². The van der Waals surface area contributed by atoms with Gasteiger partial charge in [-0.15, -0.1) is 0 Å². The first-order chi connectivity index (χ1) is 20.0. The van der Waals surface area contributed by atoms with E-state index in [-0.39, 0.29) is 11.2 Å². The van der Waals surface area contributed by atoms with E-state index in [0.29, 0.717) is 27.4 Å². The summed E-state index contributed by atoms with van der Waals surface area (Å²) in [6, 6.07) is 12.9. The Morgan fingerprint density at radius 3 is 1.67 bits per heavy atom. The molecular formula is C30H35BN2O10. The quantitative estimate of drug-likeness (QED) is 0.201. The molecule has 12 nitrogen and oxygen atoms in total. The summed E-state index contributed by atoms with van der Waals surface area (Å²) in [6.07, 6.45) is 0.345. The van der Waals surface area contributed by atoms with Gasteiger partial charge < -0.3 is 29.0 Å². The zero-order chi connectivity index (χ0) is 32.3. The van der Waals surface area contributed by atoms with Gasteiger partial charge in [-0.3, -0.25) is 9.13 Å². The van der Waals surface area contributed by atoms with E-state index in [2.05, 4.69) is 0 Å². The van der Waals surface area contributed by atoms with Gasteiger partial charge in [0.1, 0.15) is 11.2 Å². The lowest BCUT2D eigenvalue weighted by Crippen LogP contribution is -2.40. The van der Waals surface area contributed by atoms with Gasteiger partial charge in [0.05, 0.1) is 42.0 Å². The number of fused-ring (bicyclic) bond motifs is 2. The molecule has 2 heterocycles. The van der Waals surface area contributed by atoms with E-state index in [0.717, 1.165) is 4.57 Å². The highest BCUT2D eigenvalue weighted by atomic mass is 16.6. The Kier molecular flexibility index (Phi) is 9.73. The number of rotatable bonds is 3. The molecule has 0 aliphatic carbocycles. The number of hydrogen-bond donors (Lipinski definition) is 2. The maximum atomic E-state index is 12.4. The molecule has 0 amide bonds. The van der Waals surface area contributed by atoms with Gasteiger partial charge in [-0.25, -0.2) is 19.2 Å². The van der Waals surface area contributed by atoms with Crippen molar-refractivity contribution in [2.45, 2.75) is 52.7 Å². The van der Waals surface area contributed by atoms with Gasteiger partial charge in [0.2, 0.25) is 0 Å². The van der Waals surface area contributed by atoms with Crippen LogP contribution in [-0.2, 0) is 18.9 Å². The second-order valence-corrected chi connectivity index (χ2v) is 11.4. The predicted octanol–water partition coefficient (Wildman–Crippen LogP) is 4.10. The maximum Gasteiger partial charge on any atom is 0.506 e. The molecule has 0 unspecified atom stereocenters. The van der Waals surface area contributed by atoms with Gasteiger partial charge in [0.15, 0.2) is 0 Å². The van der Waals surface area contributed by atoms with Crippen LogP contribution in [0.3, 0.4) is 0 Å². The summed E-state index contributed by atoms with van der Waals surface area (Å²) < 4.78 is 22.5. The van der Waals surface area contributed by atoms with E-state index in [1.807, 2.05) is 0 Å². The fourth-order valence-corrected chi connectivity index (χ4v) is 4.17. The Labute approximate surface area is 248 Å². The van der Waals surface area contributed by atoms with Crippen molar-refractivity contribution in [2.75, 3.05) is 14.2 Å². The van der Waals surface area contributed by atoms with Crippen LogP contribution in [0.2, 0.25) is 0 Å². The van der Waals surface area contributed by atoms with Gasteiger partial charge in [0, 0.05) is 17.0 Å². The van der Waals surface area contributed by atoms with Crippen molar-refractivity contribution < 1.29 is 48.2 Å². The van der Waals surface area contributed by atoms with E-state index in [1.54, 1.807) is 84.1 Å². The van der Waals surface area contributed by atoms with Crippen molar-refractivity contribution in [1.29, 1.82) is 0 Å². The number of carbonyl (C=O) groups is 4. The summed E-state index contributed by atoms with van der Waals surface area (Å²) in [7, 11) is 0.667. The van der Waals surface area contributed by atoms with Crippen molar-refractivity contribution in [3.05, 3.63) is 65.9 Å². The second-order valence-electron chi connectivity index (χ2n) is 11.4. The molecule has 13 heteroatoms. The molecule has 0 spiro atoms. The van der Waals surface area contributed by atoms with Crippen LogP contribution < -0.4 is 5.59 Å². The molecule has 0 fully saturated rings. The summed E-state index contributed by atoms with van der Waals surface area (Å²) in [5.74, 6) is -1.02. The highest BCUT2D eigenvalue weighted by Gasteiger charge is 2.28. The third-order valence-corrected chi connectivity index (χ3v) is 5.85. The number of methoxy groups -OCH3 is 2. The average Bonchev–Trinajstić information content (AvgIpc) is 3.53. The van der Waals surface area contributed by atoms with Crippen molar-refractivity contribution in [3.63, 3.8) is 0 Å². The van der Waals surface area contributed by atoms with Crippen molar-refractivity contribution in [3.8, 4) is 0 Å². The first-order valence-electron chi connectivity index (χ1n) is 13.2. The lowest BCUT2D eigenvalue weighted by molar-refractivity contribution is 0.0534. The van der Waals surface area contributed by atoms with E-state index in [1.165, 1.54) is 30.9 Å². The highest BCUT2D eigenvalue weighted by molar-refractivity contribution is 6.59. The van der Waals surface area contributed by atoms with E-state index < -0.39 is 42.4 Å². The van der Waals surface area contributed by atoms with E-state index in [4.69, 9.17) is 18.9 Å². The molecule has 2 N–H and O–H groups in total. The molecule has 4 rings (SSSR count). The van der Waals surface area contributed by atoms with Crippen LogP contribution in [0.25, 0.3) is 21.8 Å². The smallest absolute Gasteiger partial charge is 0.465 e. The molecule has 0 aliphatic rings. The molecule has 0 atom stereocenters. The number of carbonyl (C=O) groups excluding carboxylic acids is 4. The Morgan fingerprint density at radius 2 is 1.19 bits per heavy atom. The summed E-state index contributed by atoms with van der Waals surface area (Å²) >= 11 is 0. The minimum Gasteiger partial charge on any atom is -0.465 e. The molecule has 2 aromatic carbocycles. The summed E-state index contributed by atoms with van der Waals surface area (Å²) in [5, 5.41) is 20.1. The summed E-state index contributed by atoms with van der Waals surface area (Å²) in [6.45, 7) is 10.5. The fraction of sp³-hybridized carbons (Fsp3) is 0.333. The first kappa shape index (κ1) is 32.9. The number of hydrogen-bond acceptors (Lipinski definition) is 10. The monoisotopic (exact) mass is 594 g/mol. The number of nitrogens with zero attached hydrogens (tertiary/aromatic N) is 2. The Balaban J connectivity index is 0.000000238. The standard InChI is InChI=1S/C15H18BNO6.C15H17NO4/c1-15(2,3)23-14(19)17-11-7-5-6-9(13(18)22-4)10(11)8-12(17)16(20)21;1-15(2,3)20-14(18)16-9-8-10-11(13(17)19-4)6-5-7-12(10)16/h5-8,20-21H,1-4H3;5-9H,1-4H3. The maximum absolute atomic E-state index is 12.4. The Hall–Kier alpha value is -4.62. The predicted molar refractivity (Wildman–Crippen MR) is 160 cm³/mol. The van der Waals surface area contributed by atoms with E-state index >= 15 is 0 Å². The minimum atomic E-state index is -1.90. The van der Waals surface area contributed by atoms with Crippen molar-refractivity contribution in [2.24, 2.45) is 0 Å². The summed E-state index contributed by atoms with van der Waals surface area (Å²) in [4.78, 5) is 48.1. The lowest BCUT2D eigenvalue weighted by Gasteiger charge is -2.21. The first-order valence-corrected chi connectivity index (χ1v) is 13.2. The SMILES string of the molecule is COC(=O)c1cccc2c1cc(B(O)O)n2C(=O)OC(C)(C)C.COC(=O)c1cccc2c1ccn2C(=O)OC(C)(C)C. The topological polar surface area (TPSA) is 156 Å². The van der Waals surface area contributed by atoms with Crippen LogP contribution in [0.1, 0.15) is 62.3 Å². The lowest BCUT2D eigenvalue weighted by atomic mass is 9.86. The van der Waals surface area contributed by atoms with Crippen LogP contribution in [-0.4, -0.2) is 75.8 Å². The number of aromatic nitrogens is 2. The number of esters is 2. The van der Waals surface area contributed by atoms with Gasteiger partial charge in [-0.05, 0) is 77.9 Å². The molecular weight excluding hydrogens is 559 g/mol. The highest BCUT2D eigenvalue weighted by Crippen LogP contribution is 2.23. The Morgan fingerprint density at radius 1 is 0.698 bits per heavy atom.